The van der Waals surface area contributed by atoms with Crippen LogP contribution in [0.2, 0.25) is 0 Å². The van der Waals surface area contributed by atoms with Gasteiger partial charge < -0.3 is 24.7 Å². The molecule has 33 heavy (non-hydrogen) atoms. The number of hydrogen-bond donors (Lipinski definition) is 2. The summed E-state index contributed by atoms with van der Waals surface area (Å²) in [6, 6.07) is 16.0. The number of methoxy groups -OCH3 is 1. The zero-order valence-corrected chi connectivity index (χ0v) is 22.0. The van der Waals surface area contributed by atoms with Gasteiger partial charge in [0.2, 0.25) is 0 Å². The Hall–Kier alpha value is -2.66. The second-order valence-corrected chi connectivity index (χ2v) is 7.54. The SMILES string of the molecule is COCCCNC(=NCc1ccc(C)cc1Oc1ccccc1)NCc1nnc(C)n1C.I. The summed E-state index contributed by atoms with van der Waals surface area (Å²) in [5.74, 6) is 4.03. The predicted molar refractivity (Wildman–Crippen MR) is 141 cm³/mol. The molecule has 1 aromatic heterocycles. The molecule has 1 heterocycles. The first kappa shape index (κ1) is 26.6. The number of nitrogens with one attached hydrogen (secondary N) is 2. The zero-order chi connectivity index (χ0) is 22.8. The standard InChI is InChI=1S/C24H32N6O2.HI/c1-18-11-12-20(22(15-18)32-21-9-6-5-7-10-21)16-26-24(25-13-8-14-31-4)27-17-23-29-28-19(2)30(23)3;/h5-7,9-12,15H,8,13-14,16-17H2,1-4H3,(H2,25,26,27);1H. The third-order valence-corrected chi connectivity index (χ3v) is 5.02. The van der Waals surface area contributed by atoms with Crippen molar-refractivity contribution in [2.24, 2.45) is 12.0 Å². The molecule has 0 saturated heterocycles. The molecule has 0 aliphatic carbocycles. The van der Waals surface area contributed by atoms with Gasteiger partial charge in [-0.25, -0.2) is 4.99 Å². The summed E-state index contributed by atoms with van der Waals surface area (Å²) >= 11 is 0. The van der Waals surface area contributed by atoms with Crippen LogP contribution < -0.4 is 15.4 Å². The van der Waals surface area contributed by atoms with Crippen molar-refractivity contribution in [1.29, 1.82) is 0 Å². The third kappa shape index (κ3) is 8.32. The van der Waals surface area contributed by atoms with Gasteiger partial charge in [-0.2, -0.15) is 0 Å². The van der Waals surface area contributed by atoms with Crippen LogP contribution in [0, 0.1) is 13.8 Å². The van der Waals surface area contributed by atoms with Gasteiger partial charge in [-0.05, 0) is 44.0 Å². The van der Waals surface area contributed by atoms with E-state index in [1.165, 1.54) is 0 Å². The Morgan fingerprint density at radius 3 is 2.55 bits per heavy atom. The normalized spacial score (nSPS) is 11.1. The smallest absolute Gasteiger partial charge is 0.191 e. The Bertz CT molecular complexity index is 1020. The minimum absolute atomic E-state index is 0. The highest BCUT2D eigenvalue weighted by atomic mass is 127. The number of hydrogen-bond acceptors (Lipinski definition) is 5. The number of halogens is 1. The van der Waals surface area contributed by atoms with E-state index >= 15 is 0 Å². The van der Waals surface area contributed by atoms with E-state index in [1.807, 2.05) is 54.9 Å². The molecule has 0 spiro atoms. The molecule has 3 rings (SSSR count). The van der Waals surface area contributed by atoms with Crippen LogP contribution in [0.4, 0.5) is 0 Å². The van der Waals surface area contributed by atoms with Crippen LogP contribution in [0.25, 0.3) is 0 Å². The third-order valence-electron chi connectivity index (χ3n) is 5.02. The fraction of sp³-hybridized carbons (Fsp3) is 0.375. The Balaban J connectivity index is 0.00000385. The Labute approximate surface area is 212 Å². The highest BCUT2D eigenvalue weighted by molar-refractivity contribution is 14.0. The summed E-state index contributed by atoms with van der Waals surface area (Å²) in [6.07, 6.45) is 0.882. The van der Waals surface area contributed by atoms with E-state index in [2.05, 4.69) is 39.9 Å². The molecule has 3 aromatic rings. The number of guanidine groups is 1. The molecule has 0 aliphatic heterocycles. The molecule has 2 aromatic carbocycles. The fourth-order valence-corrected chi connectivity index (χ4v) is 3.03. The van der Waals surface area contributed by atoms with E-state index in [9.17, 15) is 0 Å². The van der Waals surface area contributed by atoms with Gasteiger partial charge in [-0.3, -0.25) is 0 Å². The summed E-state index contributed by atoms with van der Waals surface area (Å²) in [6.45, 7) is 6.42. The molecular weight excluding hydrogens is 531 g/mol. The van der Waals surface area contributed by atoms with Gasteiger partial charge in [0.05, 0.1) is 13.1 Å². The van der Waals surface area contributed by atoms with Gasteiger partial charge in [0.25, 0.3) is 0 Å². The quantitative estimate of drug-likeness (QED) is 0.167. The second-order valence-electron chi connectivity index (χ2n) is 7.54. The lowest BCUT2D eigenvalue weighted by Gasteiger charge is -2.14. The van der Waals surface area contributed by atoms with Crippen LogP contribution >= 0.6 is 24.0 Å². The molecule has 0 amide bonds. The second kappa shape index (κ2) is 13.8. The van der Waals surface area contributed by atoms with Crippen LogP contribution in [-0.2, 0) is 24.9 Å². The van der Waals surface area contributed by atoms with E-state index in [1.54, 1.807) is 7.11 Å². The minimum Gasteiger partial charge on any atom is -0.457 e. The Morgan fingerprint density at radius 1 is 1.06 bits per heavy atom. The van der Waals surface area contributed by atoms with Crippen LogP contribution in [0.3, 0.4) is 0 Å². The zero-order valence-electron chi connectivity index (χ0n) is 19.7. The molecule has 2 N–H and O–H groups in total. The van der Waals surface area contributed by atoms with Crippen LogP contribution in [0.1, 0.15) is 29.2 Å². The van der Waals surface area contributed by atoms with E-state index < -0.39 is 0 Å². The molecule has 178 valence electrons. The van der Waals surface area contributed by atoms with E-state index in [0.29, 0.717) is 25.7 Å². The summed E-state index contributed by atoms with van der Waals surface area (Å²) in [4.78, 5) is 4.79. The van der Waals surface area contributed by atoms with Crippen molar-refractivity contribution in [3.63, 3.8) is 0 Å². The topological polar surface area (TPSA) is 85.6 Å². The van der Waals surface area contributed by atoms with Crippen molar-refractivity contribution in [1.82, 2.24) is 25.4 Å². The van der Waals surface area contributed by atoms with Gasteiger partial charge in [0, 0.05) is 32.9 Å². The largest absolute Gasteiger partial charge is 0.457 e. The minimum atomic E-state index is 0. The van der Waals surface area contributed by atoms with E-state index in [0.717, 1.165) is 47.2 Å². The molecule has 9 heteroatoms. The lowest BCUT2D eigenvalue weighted by atomic mass is 10.1. The molecule has 8 nitrogen and oxygen atoms in total. The number of ether oxygens (including phenoxy) is 2. The molecular formula is C24H33IN6O2. The number of benzene rings is 2. The maximum absolute atomic E-state index is 6.14. The Morgan fingerprint density at radius 2 is 1.85 bits per heavy atom. The van der Waals surface area contributed by atoms with Gasteiger partial charge in [0.15, 0.2) is 11.8 Å². The van der Waals surface area contributed by atoms with Crippen molar-refractivity contribution in [3.05, 3.63) is 71.3 Å². The van der Waals surface area contributed by atoms with Crippen molar-refractivity contribution >= 4 is 29.9 Å². The number of aromatic nitrogens is 3. The molecule has 0 atom stereocenters. The van der Waals surface area contributed by atoms with E-state index in [-0.39, 0.29) is 24.0 Å². The number of rotatable bonds is 10. The summed E-state index contributed by atoms with van der Waals surface area (Å²) in [5.41, 5.74) is 2.14. The number of aryl methyl sites for hydroxylation is 2. The van der Waals surface area contributed by atoms with Crippen molar-refractivity contribution in [3.8, 4) is 11.5 Å². The molecule has 0 aliphatic rings. The molecule has 0 radical (unpaired) electrons. The summed E-state index contributed by atoms with van der Waals surface area (Å²) in [5, 5.41) is 15.0. The monoisotopic (exact) mass is 564 g/mol. The Kier molecular flexibility index (Phi) is 11.1. The van der Waals surface area contributed by atoms with Crippen molar-refractivity contribution in [2.45, 2.75) is 33.4 Å². The number of nitrogens with zero attached hydrogens (tertiary/aromatic N) is 4. The first-order valence-corrected chi connectivity index (χ1v) is 10.7. The van der Waals surface area contributed by atoms with Gasteiger partial charge in [0.1, 0.15) is 17.3 Å². The molecule has 0 bridgehead atoms. The molecule has 0 saturated carbocycles. The first-order chi connectivity index (χ1) is 15.6. The van der Waals surface area contributed by atoms with Gasteiger partial charge in [-0.1, -0.05) is 30.3 Å². The number of aliphatic imine (C=N–C) groups is 1. The maximum Gasteiger partial charge on any atom is 0.191 e. The average Bonchev–Trinajstić information content (AvgIpc) is 3.12. The summed E-state index contributed by atoms with van der Waals surface area (Å²) in [7, 11) is 3.66. The van der Waals surface area contributed by atoms with Crippen molar-refractivity contribution < 1.29 is 9.47 Å². The molecule has 0 fully saturated rings. The van der Waals surface area contributed by atoms with E-state index in [4.69, 9.17) is 14.5 Å². The average molecular weight is 564 g/mol. The number of para-hydroxylation sites is 1. The molecule has 0 unspecified atom stereocenters. The highest BCUT2D eigenvalue weighted by Crippen LogP contribution is 2.27. The maximum atomic E-state index is 6.14. The van der Waals surface area contributed by atoms with Crippen molar-refractivity contribution in [2.75, 3.05) is 20.3 Å². The van der Waals surface area contributed by atoms with Crippen LogP contribution in [0.5, 0.6) is 11.5 Å². The first-order valence-electron chi connectivity index (χ1n) is 10.7. The lowest BCUT2D eigenvalue weighted by molar-refractivity contribution is 0.195. The predicted octanol–water partition coefficient (Wildman–Crippen LogP) is 4.11. The van der Waals surface area contributed by atoms with Gasteiger partial charge >= 0.3 is 0 Å². The lowest BCUT2D eigenvalue weighted by Crippen LogP contribution is -2.38. The fourth-order valence-electron chi connectivity index (χ4n) is 3.03. The van der Waals surface area contributed by atoms with Crippen LogP contribution in [-0.4, -0.2) is 41.0 Å². The highest BCUT2D eigenvalue weighted by Gasteiger charge is 2.09. The van der Waals surface area contributed by atoms with Gasteiger partial charge in [-0.15, -0.1) is 34.2 Å². The van der Waals surface area contributed by atoms with Crippen LogP contribution in [0.15, 0.2) is 53.5 Å². The summed E-state index contributed by atoms with van der Waals surface area (Å²) < 4.78 is 13.2.